The summed E-state index contributed by atoms with van der Waals surface area (Å²) in [5.41, 5.74) is 0. The van der Waals surface area contributed by atoms with Crippen molar-refractivity contribution in [1.29, 1.82) is 0 Å². The van der Waals surface area contributed by atoms with Crippen LogP contribution in [0.2, 0.25) is 0 Å². The van der Waals surface area contributed by atoms with E-state index in [4.69, 9.17) is 9.84 Å². The number of carboxylic acid groups (broad SMARTS) is 1. The van der Waals surface area contributed by atoms with Crippen molar-refractivity contribution in [2.24, 2.45) is 0 Å². The molecule has 1 atom stereocenters. The lowest BCUT2D eigenvalue weighted by molar-refractivity contribution is -0.150. The molecule has 53 heavy (non-hydrogen) atoms. The molecule has 0 heterocycles. The number of hydrogen-bond donors (Lipinski definition) is 1. The molecule has 0 aromatic rings. The van der Waals surface area contributed by atoms with Gasteiger partial charge in [-0.1, -0.05) is 204 Å². The first kappa shape index (κ1) is 50.9. The molecule has 0 saturated carbocycles. The Kier molecular flexibility index (Phi) is 42.5. The topological polar surface area (TPSA) is 63.6 Å². The molecule has 1 N–H and O–H groups in total. The highest BCUT2D eigenvalue weighted by Gasteiger charge is 2.14. The first-order chi connectivity index (χ1) is 26.1. The van der Waals surface area contributed by atoms with Crippen LogP contribution in [0.3, 0.4) is 0 Å². The lowest BCUT2D eigenvalue weighted by Crippen LogP contribution is -2.18. The van der Waals surface area contributed by atoms with Crippen LogP contribution in [-0.4, -0.2) is 23.1 Å². The third-order valence-corrected chi connectivity index (χ3v) is 10.3. The number of aliphatic carboxylic acids is 1. The molecule has 0 fully saturated rings. The van der Waals surface area contributed by atoms with Gasteiger partial charge in [0.2, 0.25) is 0 Å². The standard InChI is InChI=1S/C49H88O4/c1-3-5-7-9-11-13-15-17-19-20-21-22-23-24-25-27-29-31-33-38-42-46-49(52)53-47(44-40-36-34-37-41-45-48(50)51)43-39-35-32-30-28-26-18-16-14-12-10-8-6-4-2/h5,7,11,13,17,19,21-22,47H,3-4,6,8-10,12,14-16,18,20,23-46H2,1-2H3,(H,50,51)/b7-5-,13-11-,19-17-,22-21-. The fraction of sp³-hybridized carbons (Fsp3) is 0.796. The molecule has 4 nitrogen and oxygen atoms in total. The van der Waals surface area contributed by atoms with Crippen LogP contribution in [0, 0.1) is 0 Å². The van der Waals surface area contributed by atoms with Crippen molar-refractivity contribution < 1.29 is 19.4 Å². The fourth-order valence-electron chi connectivity index (χ4n) is 6.94. The minimum atomic E-state index is -0.700. The number of allylic oxidation sites excluding steroid dienone is 8. The van der Waals surface area contributed by atoms with Crippen LogP contribution in [0.4, 0.5) is 0 Å². The fourth-order valence-corrected chi connectivity index (χ4v) is 6.94. The first-order valence-electron chi connectivity index (χ1n) is 23.1. The monoisotopic (exact) mass is 741 g/mol. The van der Waals surface area contributed by atoms with E-state index >= 15 is 0 Å². The van der Waals surface area contributed by atoms with E-state index in [-0.39, 0.29) is 18.5 Å². The minimum Gasteiger partial charge on any atom is -0.481 e. The Hall–Kier alpha value is -2.10. The van der Waals surface area contributed by atoms with Crippen LogP contribution in [-0.2, 0) is 14.3 Å². The second-order valence-electron chi connectivity index (χ2n) is 15.6. The molecule has 0 aromatic carbocycles. The number of esters is 1. The third-order valence-electron chi connectivity index (χ3n) is 10.3. The van der Waals surface area contributed by atoms with E-state index in [9.17, 15) is 9.59 Å². The van der Waals surface area contributed by atoms with Crippen molar-refractivity contribution in [3.8, 4) is 0 Å². The number of carbonyl (C=O) groups is 2. The summed E-state index contributed by atoms with van der Waals surface area (Å²) >= 11 is 0. The first-order valence-corrected chi connectivity index (χ1v) is 23.1. The van der Waals surface area contributed by atoms with Crippen molar-refractivity contribution in [3.63, 3.8) is 0 Å². The van der Waals surface area contributed by atoms with Crippen molar-refractivity contribution in [1.82, 2.24) is 0 Å². The van der Waals surface area contributed by atoms with Crippen molar-refractivity contribution in [2.75, 3.05) is 0 Å². The summed E-state index contributed by atoms with van der Waals surface area (Å²) in [6.45, 7) is 4.45. The summed E-state index contributed by atoms with van der Waals surface area (Å²) in [7, 11) is 0. The summed E-state index contributed by atoms with van der Waals surface area (Å²) < 4.78 is 6.04. The van der Waals surface area contributed by atoms with Gasteiger partial charge in [0.1, 0.15) is 6.10 Å². The number of rotatable bonds is 42. The second-order valence-corrected chi connectivity index (χ2v) is 15.6. The lowest BCUT2D eigenvalue weighted by atomic mass is 10.0. The van der Waals surface area contributed by atoms with Gasteiger partial charge in [-0.2, -0.15) is 0 Å². The molecule has 0 rings (SSSR count). The maximum absolute atomic E-state index is 12.7. The van der Waals surface area contributed by atoms with Gasteiger partial charge >= 0.3 is 11.9 Å². The van der Waals surface area contributed by atoms with Gasteiger partial charge in [0.25, 0.3) is 0 Å². The van der Waals surface area contributed by atoms with Crippen LogP contribution in [0.5, 0.6) is 0 Å². The Labute approximate surface area is 330 Å². The maximum Gasteiger partial charge on any atom is 0.306 e. The summed E-state index contributed by atoms with van der Waals surface area (Å²) in [5, 5.41) is 8.85. The second kappa shape index (κ2) is 44.3. The largest absolute Gasteiger partial charge is 0.481 e. The Bertz CT molecular complexity index is 885. The molecule has 0 saturated heterocycles. The van der Waals surface area contributed by atoms with Crippen molar-refractivity contribution in [2.45, 2.75) is 251 Å². The Balaban J connectivity index is 3.98. The molecule has 4 heteroatoms. The highest BCUT2D eigenvalue weighted by molar-refractivity contribution is 5.69. The van der Waals surface area contributed by atoms with Crippen LogP contribution in [0.15, 0.2) is 48.6 Å². The van der Waals surface area contributed by atoms with E-state index in [1.165, 1.54) is 128 Å². The van der Waals surface area contributed by atoms with Gasteiger partial charge in [0.15, 0.2) is 0 Å². The van der Waals surface area contributed by atoms with E-state index in [1.54, 1.807) is 0 Å². The SMILES string of the molecule is CC/C=C\C/C=C\C/C=C\C/C=C\CCCCCCCCCCC(=O)OC(CCCCCCCCCCCCCCCC)CCCCCCCC(=O)O. The highest BCUT2D eigenvalue weighted by Crippen LogP contribution is 2.19. The molecular weight excluding hydrogens is 653 g/mol. The van der Waals surface area contributed by atoms with Crippen molar-refractivity contribution >= 4 is 11.9 Å². The predicted octanol–water partition coefficient (Wildman–Crippen LogP) is 16.3. The van der Waals surface area contributed by atoms with Crippen LogP contribution in [0.25, 0.3) is 0 Å². The average molecular weight is 741 g/mol. The smallest absolute Gasteiger partial charge is 0.306 e. The summed E-state index contributed by atoms with van der Waals surface area (Å²) in [6, 6.07) is 0. The highest BCUT2D eigenvalue weighted by atomic mass is 16.5. The van der Waals surface area contributed by atoms with Crippen LogP contribution < -0.4 is 0 Å². The predicted molar refractivity (Wildman–Crippen MR) is 232 cm³/mol. The van der Waals surface area contributed by atoms with Gasteiger partial charge in [0, 0.05) is 12.8 Å². The van der Waals surface area contributed by atoms with Crippen LogP contribution >= 0.6 is 0 Å². The third kappa shape index (κ3) is 44.2. The zero-order valence-corrected chi connectivity index (χ0v) is 35.3. The van der Waals surface area contributed by atoms with Gasteiger partial charge in [-0.15, -0.1) is 0 Å². The molecule has 308 valence electrons. The normalized spacial score (nSPS) is 12.6. The van der Waals surface area contributed by atoms with E-state index in [0.717, 1.165) is 89.9 Å². The lowest BCUT2D eigenvalue weighted by Gasteiger charge is -2.18. The van der Waals surface area contributed by atoms with Crippen LogP contribution in [0.1, 0.15) is 245 Å². The summed E-state index contributed by atoms with van der Waals surface area (Å²) in [6.07, 6.45) is 60.0. The number of carboxylic acids is 1. The summed E-state index contributed by atoms with van der Waals surface area (Å²) in [4.78, 5) is 23.5. The Morgan fingerprint density at radius 2 is 0.792 bits per heavy atom. The Morgan fingerprint density at radius 1 is 0.434 bits per heavy atom. The molecule has 0 aliphatic heterocycles. The van der Waals surface area contributed by atoms with Gasteiger partial charge in [-0.25, -0.2) is 0 Å². The van der Waals surface area contributed by atoms with Gasteiger partial charge in [-0.05, 0) is 77.0 Å². The van der Waals surface area contributed by atoms with Gasteiger partial charge < -0.3 is 9.84 Å². The van der Waals surface area contributed by atoms with Gasteiger partial charge in [0.05, 0.1) is 0 Å². The Morgan fingerprint density at radius 3 is 1.23 bits per heavy atom. The summed E-state index contributed by atoms with van der Waals surface area (Å²) in [5.74, 6) is -0.702. The number of ether oxygens (including phenoxy) is 1. The number of unbranched alkanes of at least 4 members (excludes halogenated alkanes) is 25. The number of hydrogen-bond acceptors (Lipinski definition) is 3. The minimum absolute atomic E-state index is 0.00216. The average Bonchev–Trinajstić information content (AvgIpc) is 3.14. The van der Waals surface area contributed by atoms with E-state index < -0.39 is 5.97 Å². The molecule has 0 amide bonds. The quantitative estimate of drug-likeness (QED) is 0.0384. The van der Waals surface area contributed by atoms with Crippen molar-refractivity contribution in [3.05, 3.63) is 48.6 Å². The molecule has 0 aliphatic carbocycles. The van der Waals surface area contributed by atoms with E-state index in [2.05, 4.69) is 62.5 Å². The molecule has 0 spiro atoms. The zero-order valence-electron chi connectivity index (χ0n) is 35.3. The van der Waals surface area contributed by atoms with Gasteiger partial charge in [-0.3, -0.25) is 9.59 Å². The molecular formula is C49H88O4. The molecule has 0 bridgehead atoms. The molecule has 0 aromatic heterocycles. The van der Waals surface area contributed by atoms with E-state index in [0.29, 0.717) is 6.42 Å². The molecule has 1 unspecified atom stereocenters. The molecule has 0 radical (unpaired) electrons. The maximum atomic E-state index is 12.7. The van der Waals surface area contributed by atoms with E-state index in [1.807, 2.05) is 0 Å². The zero-order chi connectivity index (χ0) is 38.6. The number of carbonyl (C=O) groups excluding carboxylic acids is 1. The molecule has 0 aliphatic rings.